The van der Waals surface area contributed by atoms with Crippen molar-refractivity contribution in [3.8, 4) is 11.5 Å². The number of hydrogen-bond donors (Lipinski definition) is 0. The van der Waals surface area contributed by atoms with Crippen molar-refractivity contribution in [1.82, 2.24) is 0 Å². The van der Waals surface area contributed by atoms with E-state index in [4.69, 9.17) is 14.0 Å². The van der Waals surface area contributed by atoms with E-state index in [1.807, 2.05) is 27.7 Å². The van der Waals surface area contributed by atoms with Crippen molar-refractivity contribution in [2.75, 3.05) is 7.11 Å². The fourth-order valence-electron chi connectivity index (χ4n) is 2.06. The molecule has 1 aliphatic heterocycles. The maximum absolute atomic E-state index is 14.0. The van der Waals surface area contributed by atoms with Gasteiger partial charge in [0.15, 0.2) is 11.6 Å². The van der Waals surface area contributed by atoms with Gasteiger partial charge >= 0.3 is 13.7 Å². The lowest BCUT2D eigenvalue weighted by Crippen LogP contribution is -2.41. The number of alkyl halides is 2. The van der Waals surface area contributed by atoms with Crippen LogP contribution in [0.2, 0.25) is 0 Å². The highest BCUT2D eigenvalue weighted by atomic mass is 19.3. The van der Waals surface area contributed by atoms with E-state index in [0.717, 1.165) is 6.07 Å². The standard InChI is InChI=1S/C14H18BF3O4/c1-13(2)14(3,4)22-15(21-13)8-6-9(16)11(20-12(17)18)10(7-8)19-5/h6-7,12H,1-5H3. The van der Waals surface area contributed by atoms with Crippen LogP contribution in [0.25, 0.3) is 0 Å². The van der Waals surface area contributed by atoms with E-state index in [2.05, 4.69) is 4.74 Å². The molecule has 122 valence electrons. The van der Waals surface area contributed by atoms with Crippen LogP contribution in [-0.4, -0.2) is 32.0 Å². The summed E-state index contributed by atoms with van der Waals surface area (Å²) in [7, 11) is 0.412. The molecule has 0 radical (unpaired) electrons. The van der Waals surface area contributed by atoms with Crippen molar-refractivity contribution in [3.05, 3.63) is 17.9 Å². The summed E-state index contributed by atoms with van der Waals surface area (Å²) < 4.78 is 59.4. The highest BCUT2D eigenvalue weighted by molar-refractivity contribution is 6.62. The number of rotatable bonds is 4. The lowest BCUT2D eigenvalue weighted by molar-refractivity contribution is -0.0535. The van der Waals surface area contributed by atoms with Gasteiger partial charge in [-0.2, -0.15) is 8.78 Å². The van der Waals surface area contributed by atoms with Gasteiger partial charge in [0.05, 0.1) is 18.3 Å². The zero-order chi connectivity index (χ0) is 16.7. The molecular weight excluding hydrogens is 300 g/mol. The molecule has 1 heterocycles. The first kappa shape index (κ1) is 17.0. The van der Waals surface area contributed by atoms with E-state index in [0.29, 0.717) is 5.46 Å². The molecular formula is C14H18BF3O4. The minimum absolute atomic E-state index is 0.148. The number of ether oxygens (including phenoxy) is 2. The second kappa shape index (κ2) is 5.66. The Labute approximate surface area is 127 Å². The molecule has 0 spiro atoms. The maximum Gasteiger partial charge on any atom is 0.495 e. The molecule has 8 heteroatoms. The average molecular weight is 318 g/mol. The maximum atomic E-state index is 14.0. The number of methoxy groups -OCH3 is 1. The lowest BCUT2D eigenvalue weighted by atomic mass is 9.79. The Hall–Kier alpha value is -1.41. The Morgan fingerprint density at radius 1 is 1.09 bits per heavy atom. The van der Waals surface area contributed by atoms with Crippen molar-refractivity contribution in [3.63, 3.8) is 0 Å². The van der Waals surface area contributed by atoms with Gasteiger partial charge in [0.1, 0.15) is 0 Å². The molecule has 2 rings (SSSR count). The minimum Gasteiger partial charge on any atom is -0.493 e. The van der Waals surface area contributed by atoms with Gasteiger partial charge in [-0.25, -0.2) is 4.39 Å². The molecule has 0 aliphatic carbocycles. The summed E-state index contributed by atoms with van der Waals surface area (Å²) in [5, 5.41) is 0. The van der Waals surface area contributed by atoms with Crippen molar-refractivity contribution in [2.24, 2.45) is 0 Å². The first-order valence-electron chi connectivity index (χ1n) is 6.75. The highest BCUT2D eigenvalue weighted by Gasteiger charge is 2.52. The molecule has 1 aromatic carbocycles. The molecule has 0 saturated carbocycles. The normalized spacial score (nSPS) is 19.6. The zero-order valence-corrected chi connectivity index (χ0v) is 13.1. The largest absolute Gasteiger partial charge is 0.495 e. The molecule has 0 bridgehead atoms. The molecule has 0 unspecified atom stereocenters. The molecule has 4 nitrogen and oxygen atoms in total. The first-order chi connectivity index (χ1) is 10.1. The van der Waals surface area contributed by atoms with E-state index in [1.54, 1.807) is 0 Å². The molecule has 1 fully saturated rings. The quantitative estimate of drug-likeness (QED) is 0.800. The van der Waals surface area contributed by atoms with Gasteiger partial charge < -0.3 is 18.8 Å². The summed E-state index contributed by atoms with van der Waals surface area (Å²) in [6.45, 7) is 4.28. The molecule has 0 aromatic heterocycles. The van der Waals surface area contributed by atoms with Crippen LogP contribution in [0.5, 0.6) is 11.5 Å². The number of benzene rings is 1. The lowest BCUT2D eigenvalue weighted by Gasteiger charge is -2.32. The fourth-order valence-corrected chi connectivity index (χ4v) is 2.06. The van der Waals surface area contributed by atoms with Gasteiger partial charge in [0.2, 0.25) is 5.75 Å². The fraction of sp³-hybridized carbons (Fsp3) is 0.571. The van der Waals surface area contributed by atoms with Crippen molar-refractivity contribution >= 4 is 12.6 Å². The highest BCUT2D eigenvalue weighted by Crippen LogP contribution is 2.38. The molecule has 0 amide bonds. The smallest absolute Gasteiger partial charge is 0.493 e. The predicted molar refractivity (Wildman–Crippen MR) is 75.3 cm³/mol. The van der Waals surface area contributed by atoms with E-state index >= 15 is 0 Å². The Morgan fingerprint density at radius 2 is 1.64 bits per heavy atom. The number of halogens is 3. The average Bonchev–Trinajstić information content (AvgIpc) is 2.60. The van der Waals surface area contributed by atoms with Crippen LogP contribution in [0.3, 0.4) is 0 Å². The zero-order valence-electron chi connectivity index (χ0n) is 13.1. The van der Waals surface area contributed by atoms with Crippen molar-refractivity contribution < 1.29 is 32.0 Å². The van der Waals surface area contributed by atoms with Crippen LogP contribution in [0.15, 0.2) is 12.1 Å². The topological polar surface area (TPSA) is 36.9 Å². The SMILES string of the molecule is COc1cc(B2OC(C)(C)C(C)(C)O2)cc(F)c1OC(F)F. The van der Waals surface area contributed by atoms with Gasteiger partial charge in [-0.05, 0) is 45.3 Å². The van der Waals surface area contributed by atoms with Crippen LogP contribution in [0.4, 0.5) is 13.2 Å². The second-order valence-corrected chi connectivity index (χ2v) is 6.00. The number of hydrogen-bond acceptors (Lipinski definition) is 4. The summed E-state index contributed by atoms with van der Waals surface area (Å²) in [5.74, 6) is -1.76. The van der Waals surface area contributed by atoms with Crippen LogP contribution >= 0.6 is 0 Å². The molecule has 0 N–H and O–H groups in total. The van der Waals surface area contributed by atoms with Crippen LogP contribution in [-0.2, 0) is 9.31 Å². The van der Waals surface area contributed by atoms with E-state index < -0.39 is 36.5 Å². The molecule has 1 aromatic rings. The first-order valence-corrected chi connectivity index (χ1v) is 6.75. The van der Waals surface area contributed by atoms with Crippen LogP contribution < -0.4 is 14.9 Å². The predicted octanol–water partition coefficient (Wildman–Crippen LogP) is 2.73. The second-order valence-electron chi connectivity index (χ2n) is 6.00. The van der Waals surface area contributed by atoms with Gasteiger partial charge in [-0.1, -0.05) is 0 Å². The van der Waals surface area contributed by atoms with Crippen molar-refractivity contribution in [2.45, 2.75) is 45.5 Å². The molecule has 0 atom stereocenters. The summed E-state index contributed by atoms with van der Waals surface area (Å²) in [4.78, 5) is 0. The van der Waals surface area contributed by atoms with Crippen LogP contribution in [0.1, 0.15) is 27.7 Å². The van der Waals surface area contributed by atoms with E-state index in [1.165, 1.54) is 13.2 Å². The Balaban J connectivity index is 2.36. The van der Waals surface area contributed by atoms with Crippen molar-refractivity contribution in [1.29, 1.82) is 0 Å². The third-order valence-corrected chi connectivity index (χ3v) is 3.98. The molecule has 1 saturated heterocycles. The molecule has 1 aliphatic rings. The molecule has 22 heavy (non-hydrogen) atoms. The Kier molecular flexibility index (Phi) is 4.36. The van der Waals surface area contributed by atoms with E-state index in [9.17, 15) is 13.2 Å². The Bertz CT molecular complexity index is 547. The third kappa shape index (κ3) is 3.03. The van der Waals surface area contributed by atoms with Gasteiger partial charge in [-0.3, -0.25) is 0 Å². The van der Waals surface area contributed by atoms with Gasteiger partial charge in [0, 0.05) is 0 Å². The Morgan fingerprint density at radius 3 is 2.09 bits per heavy atom. The summed E-state index contributed by atoms with van der Waals surface area (Å²) >= 11 is 0. The minimum atomic E-state index is -3.15. The monoisotopic (exact) mass is 318 g/mol. The third-order valence-electron chi connectivity index (χ3n) is 3.98. The van der Waals surface area contributed by atoms with E-state index in [-0.39, 0.29) is 5.75 Å². The summed E-state index contributed by atoms with van der Waals surface area (Å²) in [5.41, 5.74) is -0.867. The summed E-state index contributed by atoms with van der Waals surface area (Å²) in [6, 6.07) is 2.41. The summed E-state index contributed by atoms with van der Waals surface area (Å²) in [6.07, 6.45) is 0. The van der Waals surface area contributed by atoms with Gasteiger partial charge in [-0.15, -0.1) is 0 Å². The van der Waals surface area contributed by atoms with Gasteiger partial charge in [0.25, 0.3) is 0 Å². The van der Waals surface area contributed by atoms with Crippen LogP contribution in [0, 0.1) is 5.82 Å².